The van der Waals surface area contributed by atoms with Crippen LogP contribution in [-0.4, -0.2) is 62.0 Å². The molecule has 1 heterocycles. The highest BCUT2D eigenvalue weighted by Crippen LogP contribution is 2.19. The third kappa shape index (κ3) is 9.38. The highest BCUT2D eigenvalue weighted by atomic mass is 127. The molecule has 1 amide bonds. The second-order valence-electron chi connectivity index (χ2n) is 5.23. The smallest absolute Gasteiger partial charge is 0.409 e. The zero-order valence-electron chi connectivity index (χ0n) is 14.0. The Labute approximate surface area is 157 Å². The van der Waals surface area contributed by atoms with E-state index in [0.29, 0.717) is 45.0 Å². The highest BCUT2D eigenvalue weighted by Gasteiger charge is 2.27. The summed E-state index contributed by atoms with van der Waals surface area (Å²) in [6.45, 7) is 5.32. The summed E-state index contributed by atoms with van der Waals surface area (Å²) in [5, 5.41) is 6.06. The van der Waals surface area contributed by atoms with E-state index in [1.165, 1.54) is 0 Å². The fourth-order valence-electron chi connectivity index (χ4n) is 2.23. The van der Waals surface area contributed by atoms with Gasteiger partial charge in [0.05, 0.1) is 19.6 Å². The van der Waals surface area contributed by atoms with Crippen LogP contribution < -0.4 is 10.6 Å². The summed E-state index contributed by atoms with van der Waals surface area (Å²) in [5.41, 5.74) is 0. The molecular weight excluding hydrogens is 440 g/mol. The van der Waals surface area contributed by atoms with Crippen LogP contribution in [0.15, 0.2) is 4.99 Å². The number of carbonyl (C=O) groups is 1. The van der Waals surface area contributed by atoms with Gasteiger partial charge in [-0.05, 0) is 26.7 Å². The van der Waals surface area contributed by atoms with Gasteiger partial charge < -0.3 is 20.3 Å². The number of hydrogen-bond acceptors (Lipinski definition) is 3. The molecule has 0 aliphatic carbocycles. The number of aliphatic imine (C=N–C) groups is 1. The lowest BCUT2D eigenvalue weighted by Crippen LogP contribution is -2.50. The first-order chi connectivity index (χ1) is 10.9. The van der Waals surface area contributed by atoms with E-state index in [9.17, 15) is 18.0 Å². The van der Waals surface area contributed by atoms with Crippen molar-refractivity contribution in [1.82, 2.24) is 15.5 Å². The summed E-state index contributed by atoms with van der Waals surface area (Å²) >= 11 is 0. The van der Waals surface area contributed by atoms with Gasteiger partial charge in [0.25, 0.3) is 0 Å². The topological polar surface area (TPSA) is 66.0 Å². The normalized spacial score (nSPS) is 16.4. The average molecular weight is 466 g/mol. The van der Waals surface area contributed by atoms with Gasteiger partial charge in [-0.25, -0.2) is 4.79 Å². The number of nitrogens with zero attached hydrogens (tertiary/aromatic N) is 2. The van der Waals surface area contributed by atoms with Crippen molar-refractivity contribution >= 4 is 36.0 Å². The molecule has 24 heavy (non-hydrogen) atoms. The first kappa shape index (κ1) is 23.1. The molecule has 1 fully saturated rings. The van der Waals surface area contributed by atoms with Crippen LogP contribution in [0.3, 0.4) is 0 Å². The fraction of sp³-hybridized carbons (Fsp3) is 0.857. The van der Waals surface area contributed by atoms with E-state index in [1.54, 1.807) is 11.8 Å². The number of nitrogens with one attached hydrogen (secondary N) is 2. The minimum atomic E-state index is -4.20. The molecule has 142 valence electrons. The largest absolute Gasteiger partial charge is 0.450 e. The summed E-state index contributed by atoms with van der Waals surface area (Å²) in [4.78, 5) is 17.2. The van der Waals surface area contributed by atoms with E-state index in [1.807, 2.05) is 6.92 Å². The maximum absolute atomic E-state index is 12.2. The summed E-state index contributed by atoms with van der Waals surface area (Å²) in [7, 11) is 0. The number of piperidine rings is 1. The predicted molar refractivity (Wildman–Crippen MR) is 96.8 cm³/mol. The number of guanidine groups is 1. The number of carbonyl (C=O) groups excluding carboxylic acids is 1. The molecule has 6 nitrogen and oxygen atoms in total. The van der Waals surface area contributed by atoms with Crippen LogP contribution in [0.5, 0.6) is 0 Å². The molecule has 0 aromatic carbocycles. The Morgan fingerprint density at radius 3 is 2.42 bits per heavy atom. The van der Waals surface area contributed by atoms with Crippen LogP contribution in [0.1, 0.15) is 33.1 Å². The molecule has 1 aliphatic rings. The summed E-state index contributed by atoms with van der Waals surface area (Å²) < 4.78 is 41.5. The van der Waals surface area contributed by atoms with E-state index in [0.717, 1.165) is 0 Å². The minimum absolute atomic E-state index is 0. The molecule has 0 aromatic heterocycles. The lowest BCUT2D eigenvalue weighted by molar-refractivity contribution is -0.132. The summed E-state index contributed by atoms with van der Waals surface area (Å²) in [5.74, 6) is 0.381. The minimum Gasteiger partial charge on any atom is -0.450 e. The van der Waals surface area contributed by atoms with Gasteiger partial charge in [0.1, 0.15) is 0 Å². The van der Waals surface area contributed by atoms with E-state index in [4.69, 9.17) is 4.74 Å². The number of likely N-dealkylation sites (tertiary alicyclic amines) is 1. The number of halogens is 4. The van der Waals surface area contributed by atoms with Gasteiger partial charge in [0.15, 0.2) is 5.96 Å². The molecule has 0 radical (unpaired) electrons. The first-order valence-corrected chi connectivity index (χ1v) is 7.89. The van der Waals surface area contributed by atoms with E-state index >= 15 is 0 Å². The Kier molecular flexibility index (Phi) is 11.1. The van der Waals surface area contributed by atoms with Crippen molar-refractivity contribution in [1.29, 1.82) is 0 Å². The Hall–Kier alpha value is -0.940. The molecule has 0 atom stereocenters. The third-order valence-electron chi connectivity index (χ3n) is 3.37. The number of alkyl halides is 3. The molecule has 0 aromatic rings. The molecule has 1 rings (SSSR count). The molecule has 1 aliphatic heterocycles. The number of amides is 1. The van der Waals surface area contributed by atoms with Crippen molar-refractivity contribution in [3.8, 4) is 0 Å². The Morgan fingerprint density at radius 1 is 1.29 bits per heavy atom. The number of hydrogen-bond donors (Lipinski definition) is 2. The van der Waals surface area contributed by atoms with Crippen LogP contribution in [-0.2, 0) is 4.74 Å². The van der Waals surface area contributed by atoms with Crippen molar-refractivity contribution in [3.05, 3.63) is 0 Å². The molecule has 1 saturated heterocycles. The van der Waals surface area contributed by atoms with Crippen molar-refractivity contribution in [2.75, 3.05) is 32.8 Å². The molecule has 0 unspecified atom stereocenters. The maximum atomic E-state index is 12.2. The lowest BCUT2D eigenvalue weighted by Gasteiger charge is -2.32. The van der Waals surface area contributed by atoms with Crippen LogP contribution in [0.4, 0.5) is 18.0 Å². The van der Waals surface area contributed by atoms with Crippen molar-refractivity contribution in [2.45, 2.75) is 45.3 Å². The van der Waals surface area contributed by atoms with Crippen LogP contribution in [0.2, 0.25) is 0 Å². The van der Waals surface area contributed by atoms with Gasteiger partial charge in [0, 0.05) is 25.7 Å². The molecule has 0 spiro atoms. The van der Waals surface area contributed by atoms with Gasteiger partial charge >= 0.3 is 12.3 Å². The Morgan fingerprint density at radius 2 is 1.92 bits per heavy atom. The van der Waals surface area contributed by atoms with Gasteiger partial charge in [-0.3, -0.25) is 4.99 Å². The summed E-state index contributed by atoms with van der Waals surface area (Å²) in [6.07, 6.45) is -4.07. The first-order valence-electron chi connectivity index (χ1n) is 7.89. The van der Waals surface area contributed by atoms with E-state index in [-0.39, 0.29) is 42.7 Å². The zero-order chi connectivity index (χ0) is 17.3. The predicted octanol–water partition coefficient (Wildman–Crippen LogP) is 2.73. The van der Waals surface area contributed by atoms with Crippen LogP contribution >= 0.6 is 24.0 Å². The Balaban J connectivity index is 0.00000529. The number of ether oxygens (including phenoxy) is 1. The summed E-state index contributed by atoms with van der Waals surface area (Å²) in [6, 6.07) is 0.0735. The highest BCUT2D eigenvalue weighted by molar-refractivity contribution is 14.0. The second kappa shape index (κ2) is 11.6. The average Bonchev–Trinajstić information content (AvgIpc) is 2.47. The van der Waals surface area contributed by atoms with E-state index < -0.39 is 12.6 Å². The van der Waals surface area contributed by atoms with Crippen molar-refractivity contribution in [3.63, 3.8) is 0 Å². The van der Waals surface area contributed by atoms with E-state index in [2.05, 4.69) is 15.6 Å². The van der Waals surface area contributed by atoms with Crippen molar-refractivity contribution in [2.24, 2.45) is 4.99 Å². The van der Waals surface area contributed by atoms with Gasteiger partial charge in [-0.15, -0.1) is 24.0 Å². The van der Waals surface area contributed by atoms with Crippen LogP contribution in [0, 0.1) is 0 Å². The monoisotopic (exact) mass is 466 g/mol. The number of rotatable bonds is 5. The molecular formula is C14H26F3IN4O2. The molecule has 10 heteroatoms. The zero-order valence-corrected chi connectivity index (χ0v) is 16.3. The van der Waals surface area contributed by atoms with Gasteiger partial charge in [-0.2, -0.15) is 13.2 Å². The quantitative estimate of drug-likeness (QED) is 0.372. The maximum Gasteiger partial charge on any atom is 0.409 e. The van der Waals surface area contributed by atoms with Crippen molar-refractivity contribution < 1.29 is 22.7 Å². The molecule has 0 saturated carbocycles. The SMILES string of the molecule is CCNC(=NCCC(F)(F)F)NC1CCN(C(=O)OCC)CC1.I. The lowest BCUT2D eigenvalue weighted by atomic mass is 10.1. The Bertz CT molecular complexity index is 400. The van der Waals surface area contributed by atoms with Gasteiger partial charge in [0.2, 0.25) is 0 Å². The van der Waals surface area contributed by atoms with Crippen LogP contribution in [0.25, 0.3) is 0 Å². The second-order valence-corrected chi connectivity index (χ2v) is 5.23. The van der Waals surface area contributed by atoms with Gasteiger partial charge in [-0.1, -0.05) is 0 Å². The molecule has 2 N–H and O–H groups in total. The third-order valence-corrected chi connectivity index (χ3v) is 3.37. The standard InChI is InChI=1S/C14H25F3N4O2.HI/c1-3-18-12(19-8-7-14(15,16)17)20-11-5-9-21(10-6-11)13(22)23-4-2;/h11H,3-10H2,1-2H3,(H2,18,19,20);1H. The molecule has 0 bridgehead atoms. The fourth-order valence-corrected chi connectivity index (χ4v) is 2.23.